The van der Waals surface area contributed by atoms with Gasteiger partial charge in [-0.15, -0.1) is 0 Å². The van der Waals surface area contributed by atoms with Crippen LogP contribution in [0.15, 0.2) is 30.3 Å². The maximum Gasteiger partial charge on any atom is 0.336 e. The van der Waals surface area contributed by atoms with Gasteiger partial charge in [0.05, 0.1) is 0 Å². The smallest absolute Gasteiger partial charge is 0.336 e. The summed E-state index contributed by atoms with van der Waals surface area (Å²) in [6.07, 6.45) is 0. The Labute approximate surface area is 105 Å². The van der Waals surface area contributed by atoms with Gasteiger partial charge in [0, 0.05) is 31.5 Å². The number of anilines is 1. The molecule has 1 rings (SSSR count). The van der Waals surface area contributed by atoms with Gasteiger partial charge < -0.3 is 14.2 Å². The van der Waals surface area contributed by atoms with E-state index in [2.05, 4.69) is 24.0 Å². The monoisotopic (exact) mass is 253 g/mol. The number of para-hydroxylation sites is 1. The molecule has 0 bridgehead atoms. The Bertz CT molecular complexity index is 300. The average Bonchev–Trinajstić information content (AvgIpc) is 2.31. The van der Waals surface area contributed by atoms with E-state index >= 15 is 0 Å². The van der Waals surface area contributed by atoms with Crippen LogP contribution in [0.2, 0.25) is 12.6 Å². The quantitative estimate of drug-likeness (QED) is 0.721. The minimum atomic E-state index is -1.97. The molecule has 0 saturated carbocycles. The van der Waals surface area contributed by atoms with Crippen LogP contribution < -0.4 is 5.32 Å². The van der Waals surface area contributed by atoms with Gasteiger partial charge in [-0.1, -0.05) is 18.2 Å². The standard InChI is InChI=1S/C13H23NO2Si/c1-4-15-17(3,16-5-2)12-11-14-13-9-7-6-8-10-13/h6-10,14H,4-5,11-12H2,1-3H3. The van der Waals surface area contributed by atoms with E-state index in [1.807, 2.05) is 32.0 Å². The summed E-state index contributed by atoms with van der Waals surface area (Å²) in [6, 6.07) is 11.2. The minimum Gasteiger partial charge on any atom is -0.395 e. The molecule has 1 aromatic carbocycles. The predicted octanol–water partition coefficient (Wildman–Crippen LogP) is 3.24. The molecule has 0 fully saturated rings. The van der Waals surface area contributed by atoms with Crippen molar-refractivity contribution in [2.75, 3.05) is 25.1 Å². The molecule has 0 aliphatic carbocycles. The fourth-order valence-corrected chi connectivity index (χ4v) is 3.96. The van der Waals surface area contributed by atoms with Gasteiger partial charge in [-0.3, -0.25) is 0 Å². The largest absolute Gasteiger partial charge is 0.395 e. The lowest BCUT2D eigenvalue weighted by Gasteiger charge is -2.26. The van der Waals surface area contributed by atoms with Gasteiger partial charge in [-0.2, -0.15) is 0 Å². The van der Waals surface area contributed by atoms with Gasteiger partial charge in [-0.05, 0) is 32.5 Å². The van der Waals surface area contributed by atoms with Crippen molar-refractivity contribution < 1.29 is 8.85 Å². The molecule has 3 nitrogen and oxygen atoms in total. The first-order valence-corrected chi connectivity index (χ1v) is 8.79. The molecule has 0 heterocycles. The fourth-order valence-electron chi connectivity index (χ4n) is 1.79. The van der Waals surface area contributed by atoms with Crippen LogP contribution >= 0.6 is 0 Å². The Morgan fingerprint density at radius 3 is 2.18 bits per heavy atom. The Morgan fingerprint density at radius 2 is 1.65 bits per heavy atom. The highest BCUT2D eigenvalue weighted by atomic mass is 28.4. The van der Waals surface area contributed by atoms with Crippen LogP contribution in [0.25, 0.3) is 0 Å². The SMILES string of the molecule is CCO[Si](C)(CCNc1ccccc1)OCC. The molecule has 0 aliphatic rings. The second-order valence-electron chi connectivity index (χ2n) is 4.04. The highest BCUT2D eigenvalue weighted by Gasteiger charge is 2.29. The van der Waals surface area contributed by atoms with Crippen molar-refractivity contribution in [1.29, 1.82) is 0 Å². The summed E-state index contributed by atoms with van der Waals surface area (Å²) >= 11 is 0. The summed E-state index contributed by atoms with van der Waals surface area (Å²) in [4.78, 5) is 0. The van der Waals surface area contributed by atoms with Gasteiger partial charge in [0.2, 0.25) is 0 Å². The third kappa shape index (κ3) is 5.34. The maximum atomic E-state index is 5.78. The van der Waals surface area contributed by atoms with Gasteiger partial charge >= 0.3 is 8.56 Å². The Balaban J connectivity index is 2.37. The lowest BCUT2D eigenvalue weighted by Crippen LogP contribution is -2.40. The molecule has 0 radical (unpaired) electrons. The fraction of sp³-hybridized carbons (Fsp3) is 0.538. The van der Waals surface area contributed by atoms with Gasteiger partial charge in [0.1, 0.15) is 0 Å². The Morgan fingerprint density at radius 1 is 1.06 bits per heavy atom. The van der Waals surface area contributed by atoms with Crippen molar-refractivity contribution in [3.63, 3.8) is 0 Å². The van der Waals surface area contributed by atoms with Crippen molar-refractivity contribution in [3.8, 4) is 0 Å². The normalized spacial score (nSPS) is 11.5. The van der Waals surface area contributed by atoms with Crippen LogP contribution in [0, 0.1) is 0 Å². The summed E-state index contributed by atoms with van der Waals surface area (Å²) in [7, 11) is -1.97. The molecule has 0 atom stereocenters. The molecule has 0 unspecified atom stereocenters. The van der Waals surface area contributed by atoms with Crippen LogP contribution in [-0.4, -0.2) is 28.3 Å². The lowest BCUT2D eigenvalue weighted by atomic mass is 10.3. The van der Waals surface area contributed by atoms with Crippen LogP contribution in [0.5, 0.6) is 0 Å². The highest BCUT2D eigenvalue weighted by molar-refractivity contribution is 6.66. The van der Waals surface area contributed by atoms with E-state index < -0.39 is 8.56 Å². The maximum absolute atomic E-state index is 5.78. The second kappa shape index (κ2) is 7.48. The average molecular weight is 253 g/mol. The van der Waals surface area contributed by atoms with E-state index in [-0.39, 0.29) is 0 Å². The van der Waals surface area contributed by atoms with E-state index in [0.29, 0.717) is 0 Å². The van der Waals surface area contributed by atoms with Gasteiger partial charge in [0.25, 0.3) is 0 Å². The summed E-state index contributed by atoms with van der Waals surface area (Å²) in [5.41, 5.74) is 1.15. The summed E-state index contributed by atoms with van der Waals surface area (Å²) in [5.74, 6) is 0. The van der Waals surface area contributed by atoms with Gasteiger partial charge in [-0.25, -0.2) is 0 Å². The number of rotatable bonds is 8. The molecule has 0 aliphatic heterocycles. The molecule has 0 spiro atoms. The van der Waals surface area contributed by atoms with E-state index in [0.717, 1.165) is 31.5 Å². The molecule has 96 valence electrons. The van der Waals surface area contributed by atoms with E-state index in [1.165, 1.54) is 0 Å². The topological polar surface area (TPSA) is 30.5 Å². The summed E-state index contributed by atoms with van der Waals surface area (Å²) < 4.78 is 11.6. The summed E-state index contributed by atoms with van der Waals surface area (Å²) in [5, 5.41) is 3.39. The van der Waals surface area contributed by atoms with Crippen molar-refractivity contribution in [3.05, 3.63) is 30.3 Å². The highest BCUT2D eigenvalue weighted by Crippen LogP contribution is 2.14. The predicted molar refractivity (Wildman–Crippen MR) is 74.6 cm³/mol. The first-order valence-electron chi connectivity index (χ1n) is 6.27. The Kier molecular flexibility index (Phi) is 6.25. The first-order chi connectivity index (χ1) is 8.20. The van der Waals surface area contributed by atoms with Crippen molar-refractivity contribution >= 4 is 14.2 Å². The number of nitrogens with one attached hydrogen (secondary N) is 1. The third-order valence-electron chi connectivity index (χ3n) is 2.58. The zero-order chi connectivity index (χ0) is 12.6. The van der Waals surface area contributed by atoms with E-state index in [4.69, 9.17) is 8.85 Å². The number of hydrogen-bond donors (Lipinski definition) is 1. The van der Waals surface area contributed by atoms with Gasteiger partial charge in [0.15, 0.2) is 0 Å². The zero-order valence-corrected chi connectivity index (χ0v) is 12.0. The third-order valence-corrected chi connectivity index (χ3v) is 5.54. The molecule has 0 aromatic heterocycles. The molecular weight excluding hydrogens is 230 g/mol. The minimum absolute atomic E-state index is 0.730. The van der Waals surface area contributed by atoms with Crippen molar-refractivity contribution in [2.24, 2.45) is 0 Å². The molecule has 4 heteroatoms. The van der Waals surface area contributed by atoms with Crippen molar-refractivity contribution in [2.45, 2.75) is 26.4 Å². The molecule has 1 aromatic rings. The summed E-state index contributed by atoms with van der Waals surface area (Å²) in [6.45, 7) is 8.53. The van der Waals surface area contributed by atoms with E-state index in [1.54, 1.807) is 0 Å². The zero-order valence-electron chi connectivity index (χ0n) is 11.0. The first kappa shape index (κ1) is 14.2. The van der Waals surface area contributed by atoms with Crippen LogP contribution in [0.3, 0.4) is 0 Å². The second-order valence-corrected chi connectivity index (χ2v) is 7.39. The molecule has 1 N–H and O–H groups in total. The molecule has 0 saturated heterocycles. The molecular formula is C13H23NO2Si. The van der Waals surface area contributed by atoms with Crippen LogP contribution in [0.1, 0.15) is 13.8 Å². The van der Waals surface area contributed by atoms with Crippen LogP contribution in [0.4, 0.5) is 5.69 Å². The Hall–Kier alpha value is -0.843. The number of benzene rings is 1. The van der Waals surface area contributed by atoms with Crippen molar-refractivity contribution in [1.82, 2.24) is 0 Å². The lowest BCUT2D eigenvalue weighted by molar-refractivity contribution is 0.190. The van der Waals surface area contributed by atoms with E-state index in [9.17, 15) is 0 Å². The van der Waals surface area contributed by atoms with Crippen LogP contribution in [-0.2, 0) is 8.85 Å². The molecule has 17 heavy (non-hydrogen) atoms. The number of hydrogen-bond acceptors (Lipinski definition) is 3. The molecule has 0 amide bonds.